The van der Waals surface area contributed by atoms with Crippen LogP contribution in [0.5, 0.6) is 0 Å². The van der Waals surface area contributed by atoms with E-state index in [-0.39, 0.29) is 12.5 Å². The van der Waals surface area contributed by atoms with Crippen molar-refractivity contribution in [2.75, 3.05) is 0 Å². The maximum atomic E-state index is 10.3. The van der Waals surface area contributed by atoms with Gasteiger partial charge >= 0.3 is 5.97 Å². The van der Waals surface area contributed by atoms with Crippen molar-refractivity contribution < 1.29 is 9.90 Å². The summed E-state index contributed by atoms with van der Waals surface area (Å²) < 4.78 is 0. The average molecular weight is 167 g/mol. The number of nitrogens with two attached hydrogens (primary N) is 1. The van der Waals surface area contributed by atoms with Crippen LogP contribution in [-0.4, -0.2) is 17.1 Å². The van der Waals surface area contributed by atoms with Crippen molar-refractivity contribution in [1.29, 1.82) is 0 Å². The van der Waals surface area contributed by atoms with Crippen LogP contribution in [-0.2, 0) is 4.79 Å². The molecule has 1 rings (SSSR count). The number of hydrogen-bond donors (Lipinski definition) is 2. The Balaban J connectivity index is 2.51. The van der Waals surface area contributed by atoms with Crippen molar-refractivity contribution >= 4 is 5.97 Å². The van der Waals surface area contributed by atoms with Crippen molar-refractivity contribution in [3.8, 4) is 0 Å². The molecule has 0 aromatic carbocycles. The second-order valence-corrected chi connectivity index (χ2v) is 2.91. The van der Waals surface area contributed by atoms with Crippen LogP contribution in [0.4, 0.5) is 0 Å². The monoisotopic (exact) mass is 167 g/mol. The average Bonchev–Trinajstić information content (AvgIpc) is 2.05. The molecule has 1 atom stereocenters. The third-order valence-corrected chi connectivity index (χ3v) is 1.92. The first-order valence-corrected chi connectivity index (χ1v) is 4.03. The maximum absolute atomic E-state index is 10.3. The molecule has 0 saturated heterocycles. The fourth-order valence-electron chi connectivity index (χ4n) is 1.25. The second-order valence-electron chi connectivity index (χ2n) is 2.91. The number of carbonyl (C=O) groups is 1. The Kier molecular flexibility index (Phi) is 3.05. The van der Waals surface area contributed by atoms with Gasteiger partial charge in [0, 0.05) is 6.04 Å². The largest absolute Gasteiger partial charge is 0.481 e. The van der Waals surface area contributed by atoms with Gasteiger partial charge in [-0.05, 0) is 12.8 Å². The van der Waals surface area contributed by atoms with Crippen molar-refractivity contribution in [2.45, 2.75) is 25.3 Å². The maximum Gasteiger partial charge on any atom is 0.305 e. The van der Waals surface area contributed by atoms with Gasteiger partial charge in [0.2, 0.25) is 0 Å². The third-order valence-electron chi connectivity index (χ3n) is 1.92. The highest BCUT2D eigenvalue weighted by Gasteiger charge is 2.13. The van der Waals surface area contributed by atoms with E-state index in [9.17, 15) is 4.79 Å². The van der Waals surface area contributed by atoms with Gasteiger partial charge in [-0.15, -0.1) is 0 Å². The summed E-state index contributed by atoms with van der Waals surface area (Å²) in [5, 5.41) is 8.49. The third kappa shape index (κ3) is 2.51. The molecule has 12 heavy (non-hydrogen) atoms. The number of aliphatic carboxylic acids is 1. The Bertz CT molecular complexity index is 231. The van der Waals surface area contributed by atoms with Gasteiger partial charge in [0.15, 0.2) is 0 Å². The lowest BCUT2D eigenvalue weighted by Crippen LogP contribution is -2.26. The predicted octanol–water partition coefficient (Wildman–Crippen LogP) is 1.06. The number of allylic oxidation sites excluding steroid dienone is 3. The smallest absolute Gasteiger partial charge is 0.305 e. The number of rotatable bonds is 3. The van der Waals surface area contributed by atoms with Gasteiger partial charge in [0.25, 0.3) is 0 Å². The first kappa shape index (κ1) is 9.00. The van der Waals surface area contributed by atoms with E-state index in [1.54, 1.807) is 0 Å². The standard InChI is InChI=1S/C9H13NO2/c10-8(6-9(11)12)7-4-2-1-3-5-7/h1-2,4,8H,3,5-6,10H2,(H,11,12)/t8-/m0/s1. The molecule has 3 nitrogen and oxygen atoms in total. The van der Waals surface area contributed by atoms with Crippen molar-refractivity contribution in [3.05, 3.63) is 23.8 Å². The molecule has 0 aromatic heterocycles. The summed E-state index contributed by atoms with van der Waals surface area (Å²) in [4.78, 5) is 10.3. The summed E-state index contributed by atoms with van der Waals surface area (Å²) in [5.41, 5.74) is 6.71. The Labute approximate surface area is 71.6 Å². The molecule has 0 bridgehead atoms. The highest BCUT2D eigenvalue weighted by Crippen LogP contribution is 2.15. The van der Waals surface area contributed by atoms with Gasteiger partial charge in [-0.1, -0.05) is 23.8 Å². The van der Waals surface area contributed by atoms with E-state index in [0.717, 1.165) is 18.4 Å². The number of hydrogen-bond acceptors (Lipinski definition) is 2. The minimum absolute atomic E-state index is 0.0275. The Morgan fingerprint density at radius 1 is 1.75 bits per heavy atom. The molecule has 1 aliphatic carbocycles. The van der Waals surface area contributed by atoms with Gasteiger partial charge in [-0.2, -0.15) is 0 Å². The van der Waals surface area contributed by atoms with Crippen molar-refractivity contribution in [1.82, 2.24) is 0 Å². The highest BCUT2D eigenvalue weighted by molar-refractivity contribution is 5.68. The lowest BCUT2D eigenvalue weighted by Gasteiger charge is -2.14. The van der Waals surface area contributed by atoms with Crippen LogP contribution >= 0.6 is 0 Å². The van der Waals surface area contributed by atoms with E-state index in [4.69, 9.17) is 10.8 Å². The molecular weight excluding hydrogens is 154 g/mol. The molecule has 0 amide bonds. The van der Waals surface area contributed by atoms with Crippen LogP contribution in [0, 0.1) is 0 Å². The first-order chi connectivity index (χ1) is 5.70. The first-order valence-electron chi connectivity index (χ1n) is 4.03. The molecule has 3 heteroatoms. The molecule has 0 unspecified atom stereocenters. The summed E-state index contributed by atoms with van der Waals surface area (Å²) in [5.74, 6) is -0.835. The molecule has 0 aromatic rings. The van der Waals surface area contributed by atoms with E-state index >= 15 is 0 Å². The fraction of sp³-hybridized carbons (Fsp3) is 0.444. The number of carboxylic acids is 1. The minimum atomic E-state index is -0.835. The van der Waals surface area contributed by atoms with Gasteiger partial charge < -0.3 is 10.8 Å². The highest BCUT2D eigenvalue weighted by atomic mass is 16.4. The fourth-order valence-corrected chi connectivity index (χ4v) is 1.25. The predicted molar refractivity (Wildman–Crippen MR) is 46.7 cm³/mol. The van der Waals surface area contributed by atoms with Gasteiger partial charge in [0.05, 0.1) is 6.42 Å². The second kappa shape index (κ2) is 4.07. The molecule has 0 saturated carbocycles. The zero-order chi connectivity index (χ0) is 8.97. The number of carboxylic acid groups (broad SMARTS) is 1. The molecule has 0 aliphatic heterocycles. The molecule has 3 N–H and O–H groups in total. The van der Waals surface area contributed by atoms with E-state index in [2.05, 4.69) is 6.08 Å². The van der Waals surface area contributed by atoms with Crippen LogP contribution < -0.4 is 5.73 Å². The van der Waals surface area contributed by atoms with Crippen molar-refractivity contribution in [2.24, 2.45) is 5.73 Å². The molecule has 1 aliphatic rings. The molecule has 0 radical (unpaired) electrons. The zero-order valence-electron chi connectivity index (χ0n) is 6.86. The summed E-state index contributed by atoms with van der Waals surface area (Å²) in [6, 6.07) is -0.313. The van der Waals surface area contributed by atoms with Crippen LogP contribution in [0.1, 0.15) is 19.3 Å². The van der Waals surface area contributed by atoms with E-state index in [0.29, 0.717) is 0 Å². The topological polar surface area (TPSA) is 63.3 Å². The Hall–Kier alpha value is -1.09. The van der Waals surface area contributed by atoms with E-state index in [1.807, 2.05) is 12.2 Å². The quantitative estimate of drug-likeness (QED) is 0.660. The van der Waals surface area contributed by atoms with Gasteiger partial charge in [0.1, 0.15) is 0 Å². The molecule has 0 spiro atoms. The van der Waals surface area contributed by atoms with Crippen LogP contribution in [0.2, 0.25) is 0 Å². The van der Waals surface area contributed by atoms with Crippen LogP contribution in [0.3, 0.4) is 0 Å². The Morgan fingerprint density at radius 2 is 2.50 bits per heavy atom. The van der Waals surface area contributed by atoms with E-state index in [1.165, 1.54) is 0 Å². The SMILES string of the molecule is N[C@@H](CC(=O)O)C1=CC=CCC1. The van der Waals surface area contributed by atoms with Crippen molar-refractivity contribution in [3.63, 3.8) is 0 Å². The van der Waals surface area contributed by atoms with Crippen LogP contribution in [0.15, 0.2) is 23.8 Å². The Morgan fingerprint density at radius 3 is 3.00 bits per heavy atom. The zero-order valence-corrected chi connectivity index (χ0v) is 6.86. The minimum Gasteiger partial charge on any atom is -0.481 e. The summed E-state index contributed by atoms with van der Waals surface area (Å²) >= 11 is 0. The summed E-state index contributed by atoms with van der Waals surface area (Å²) in [6.45, 7) is 0. The van der Waals surface area contributed by atoms with Crippen LogP contribution in [0.25, 0.3) is 0 Å². The molecule has 0 heterocycles. The van der Waals surface area contributed by atoms with Gasteiger partial charge in [-0.25, -0.2) is 0 Å². The van der Waals surface area contributed by atoms with E-state index < -0.39 is 5.97 Å². The molecule has 0 fully saturated rings. The summed E-state index contributed by atoms with van der Waals surface area (Å²) in [6.07, 6.45) is 7.79. The normalized spacial score (nSPS) is 18.6. The molecule has 66 valence electrons. The summed E-state index contributed by atoms with van der Waals surface area (Å²) in [7, 11) is 0. The van der Waals surface area contributed by atoms with Gasteiger partial charge in [-0.3, -0.25) is 4.79 Å². The molecular formula is C9H13NO2. The lowest BCUT2D eigenvalue weighted by atomic mass is 9.96. The lowest BCUT2D eigenvalue weighted by molar-refractivity contribution is -0.137.